The van der Waals surface area contributed by atoms with Crippen LogP contribution in [0, 0.1) is 0 Å². The van der Waals surface area contributed by atoms with E-state index in [-0.39, 0.29) is 6.61 Å². The fourth-order valence-corrected chi connectivity index (χ4v) is 4.31. The second-order valence-corrected chi connectivity index (χ2v) is 8.80. The van der Waals surface area contributed by atoms with Gasteiger partial charge in [0.1, 0.15) is 6.10 Å². The predicted molar refractivity (Wildman–Crippen MR) is 115 cm³/mol. The number of amides is 1. The topological polar surface area (TPSA) is 260 Å². The van der Waals surface area contributed by atoms with Crippen molar-refractivity contribution in [1.29, 1.82) is 0 Å². The van der Waals surface area contributed by atoms with Crippen molar-refractivity contribution in [2.24, 2.45) is 5.73 Å². The lowest BCUT2D eigenvalue weighted by Gasteiger charge is -2.59. The number of esters is 1. The van der Waals surface area contributed by atoms with E-state index in [0.29, 0.717) is 27.7 Å². The maximum absolute atomic E-state index is 12.9. The van der Waals surface area contributed by atoms with Gasteiger partial charge < -0.3 is 46.1 Å². The van der Waals surface area contributed by atoms with Crippen molar-refractivity contribution in [3.8, 4) is 0 Å². The van der Waals surface area contributed by atoms with Crippen molar-refractivity contribution in [3.05, 3.63) is 0 Å². The lowest BCUT2D eigenvalue weighted by molar-refractivity contribution is -0.345. The number of aliphatic hydroxyl groups is 5. The number of nitrogens with two attached hydrogens (primary N) is 1. The van der Waals surface area contributed by atoms with Crippen LogP contribution in [0.15, 0.2) is 0 Å². The van der Waals surface area contributed by atoms with Gasteiger partial charge in [-0.2, -0.15) is 0 Å². The van der Waals surface area contributed by atoms with Crippen molar-refractivity contribution in [2.75, 3.05) is 6.61 Å². The molecule has 0 aromatic rings. The number of ether oxygens (including phenoxy) is 2. The normalized spacial score (nSPS) is 32.3. The molecule has 0 aromatic carbocycles. The third-order valence-corrected chi connectivity index (χ3v) is 6.28. The number of carbonyl (C=O) groups excluding carboxylic acids is 6. The van der Waals surface area contributed by atoms with Crippen molar-refractivity contribution in [1.82, 2.24) is 5.32 Å². The van der Waals surface area contributed by atoms with E-state index >= 15 is 0 Å². The average molecular weight is 520 g/mol. The number of carbonyl (C=O) groups is 6. The van der Waals surface area contributed by atoms with Gasteiger partial charge in [0.25, 0.3) is 5.79 Å². The predicted octanol–water partition coefficient (Wildman–Crippen LogP) is -4.27. The van der Waals surface area contributed by atoms with Gasteiger partial charge in [0.2, 0.25) is 5.91 Å². The molecule has 1 fully saturated rings. The van der Waals surface area contributed by atoms with E-state index in [2.05, 4.69) is 4.74 Å². The van der Waals surface area contributed by atoms with Crippen LogP contribution >= 0.6 is 0 Å². The van der Waals surface area contributed by atoms with Gasteiger partial charge >= 0.3 is 5.97 Å². The Balaban J connectivity index is 4.28. The van der Waals surface area contributed by atoms with E-state index in [1.165, 1.54) is 6.92 Å². The first-order valence-electron chi connectivity index (χ1n) is 10.7. The third kappa shape index (κ3) is 4.47. The molecule has 1 heterocycles. The van der Waals surface area contributed by atoms with E-state index in [0.717, 1.165) is 6.92 Å². The molecule has 4 unspecified atom stereocenters. The quantitative estimate of drug-likeness (QED) is 0.106. The number of aliphatic hydroxyl groups excluding tert-OH is 1. The number of nitrogens with one attached hydrogen (secondary N) is 1. The standard InChI is InChI=1S/C21H32N2O13/c1-7-35-16(30)18(32)8-17(31,10(3)25)21(22,23-13(6)28)15(36-18)20(34,12(5)27)19(33,11(4)26)14(29)9(2)24/h14-15,29,31-34H,7-8,22H2,1-6H3,(H,23,28)/t14?,15-,17+,18?,19?,20?,21+/m0/s1. The SMILES string of the molecule is CCOC(=O)C1(O)C[C@@](O)(C(C)=O)[C@](N)(NC(C)=O)[C@H](C(O)(C(C)=O)C(O)(C(C)=O)C(O)C(C)=O)O1. The fraction of sp³-hybridized carbons (Fsp3) is 0.714. The molecule has 15 nitrogen and oxygen atoms in total. The first-order chi connectivity index (χ1) is 16.1. The molecule has 8 N–H and O–H groups in total. The first kappa shape index (κ1) is 31.4. The zero-order valence-electron chi connectivity index (χ0n) is 20.6. The molecule has 7 atom stereocenters. The van der Waals surface area contributed by atoms with Crippen molar-refractivity contribution < 1.29 is 63.8 Å². The molecule has 0 saturated carbocycles. The maximum atomic E-state index is 12.9. The molecule has 1 aliphatic heterocycles. The highest BCUT2D eigenvalue weighted by Crippen LogP contribution is 2.47. The molecule has 0 aromatic heterocycles. The number of rotatable bonds is 10. The minimum Gasteiger partial charge on any atom is -0.462 e. The van der Waals surface area contributed by atoms with Crippen LogP contribution in [0.1, 0.15) is 48.0 Å². The highest BCUT2D eigenvalue weighted by atomic mass is 16.7. The zero-order chi connectivity index (χ0) is 28.7. The summed E-state index contributed by atoms with van der Waals surface area (Å²) in [7, 11) is 0. The Morgan fingerprint density at radius 3 is 1.89 bits per heavy atom. The van der Waals surface area contributed by atoms with Crippen LogP contribution in [0.5, 0.6) is 0 Å². The molecular formula is C21H32N2O13. The van der Waals surface area contributed by atoms with Crippen LogP contribution in [-0.4, -0.2) is 108 Å². The molecule has 36 heavy (non-hydrogen) atoms. The Morgan fingerprint density at radius 1 is 1.06 bits per heavy atom. The molecule has 1 aliphatic rings. The monoisotopic (exact) mass is 520 g/mol. The number of ketones is 4. The number of hydrogen-bond acceptors (Lipinski definition) is 14. The lowest BCUT2D eigenvalue weighted by Crippen LogP contribution is -2.90. The molecule has 0 aliphatic carbocycles. The Labute approximate surface area is 205 Å². The van der Waals surface area contributed by atoms with Crippen LogP contribution < -0.4 is 11.1 Å². The van der Waals surface area contributed by atoms with Crippen LogP contribution in [0.2, 0.25) is 0 Å². The Morgan fingerprint density at radius 2 is 1.56 bits per heavy atom. The summed E-state index contributed by atoms with van der Waals surface area (Å²) >= 11 is 0. The van der Waals surface area contributed by atoms with Gasteiger partial charge in [0.05, 0.1) is 13.0 Å². The van der Waals surface area contributed by atoms with Gasteiger partial charge in [0, 0.05) is 6.92 Å². The molecular weight excluding hydrogens is 488 g/mol. The summed E-state index contributed by atoms with van der Waals surface area (Å²) in [6, 6.07) is 0. The van der Waals surface area contributed by atoms with E-state index in [1.807, 2.05) is 5.32 Å². The molecule has 15 heteroatoms. The minimum absolute atomic E-state index is 0.370. The van der Waals surface area contributed by atoms with Crippen LogP contribution in [-0.2, 0) is 38.2 Å². The smallest absolute Gasteiger partial charge is 0.366 e. The van der Waals surface area contributed by atoms with Crippen LogP contribution in [0.3, 0.4) is 0 Å². The van der Waals surface area contributed by atoms with E-state index < -0.39 is 81.9 Å². The average Bonchev–Trinajstić information content (AvgIpc) is 2.73. The maximum Gasteiger partial charge on any atom is 0.366 e. The van der Waals surface area contributed by atoms with E-state index in [4.69, 9.17) is 10.5 Å². The van der Waals surface area contributed by atoms with Gasteiger partial charge in [-0.1, -0.05) is 0 Å². The van der Waals surface area contributed by atoms with Gasteiger partial charge in [-0.15, -0.1) is 0 Å². The van der Waals surface area contributed by atoms with Gasteiger partial charge in [-0.05, 0) is 34.6 Å². The summed E-state index contributed by atoms with van der Waals surface area (Å²) in [6.45, 7) is 4.28. The van der Waals surface area contributed by atoms with Crippen molar-refractivity contribution in [2.45, 2.75) is 88.4 Å². The highest BCUT2D eigenvalue weighted by molar-refractivity contribution is 6.03. The van der Waals surface area contributed by atoms with Gasteiger partial charge in [-0.3, -0.25) is 24.0 Å². The van der Waals surface area contributed by atoms with Crippen LogP contribution in [0.25, 0.3) is 0 Å². The highest BCUT2D eigenvalue weighted by Gasteiger charge is 2.77. The summed E-state index contributed by atoms with van der Waals surface area (Å²) in [5.41, 5.74) is -7.94. The van der Waals surface area contributed by atoms with E-state index in [1.54, 1.807) is 0 Å². The van der Waals surface area contributed by atoms with Gasteiger partial charge in [-0.25, -0.2) is 4.79 Å². The fourth-order valence-electron chi connectivity index (χ4n) is 4.31. The Bertz CT molecular complexity index is 985. The van der Waals surface area contributed by atoms with Gasteiger partial charge in [0.15, 0.2) is 51.7 Å². The number of Topliss-reactive ketones (excluding diaryl/α,β-unsaturated/α-hetero) is 4. The molecule has 1 saturated heterocycles. The third-order valence-electron chi connectivity index (χ3n) is 6.28. The summed E-state index contributed by atoms with van der Waals surface area (Å²) in [6.07, 6.45) is -7.20. The summed E-state index contributed by atoms with van der Waals surface area (Å²) in [5, 5.41) is 57.6. The van der Waals surface area contributed by atoms with Crippen LogP contribution in [0.4, 0.5) is 0 Å². The summed E-state index contributed by atoms with van der Waals surface area (Å²) < 4.78 is 9.91. The minimum atomic E-state index is -3.90. The number of hydrogen-bond donors (Lipinski definition) is 7. The largest absolute Gasteiger partial charge is 0.462 e. The Kier molecular flexibility index (Phi) is 8.72. The first-order valence-corrected chi connectivity index (χ1v) is 10.7. The molecule has 204 valence electrons. The molecule has 0 spiro atoms. The zero-order valence-corrected chi connectivity index (χ0v) is 20.6. The van der Waals surface area contributed by atoms with E-state index in [9.17, 15) is 54.3 Å². The second kappa shape index (κ2) is 10.0. The molecule has 0 radical (unpaired) electrons. The Hall–Kier alpha value is -2.66. The lowest BCUT2D eigenvalue weighted by atomic mass is 9.61. The van der Waals surface area contributed by atoms with Crippen molar-refractivity contribution >= 4 is 35.0 Å². The summed E-state index contributed by atoms with van der Waals surface area (Å²) in [5.74, 6) is -12.1. The molecule has 1 rings (SSSR count). The second-order valence-electron chi connectivity index (χ2n) is 8.80. The summed E-state index contributed by atoms with van der Waals surface area (Å²) in [4.78, 5) is 74.8. The molecule has 0 bridgehead atoms. The van der Waals surface area contributed by atoms with Crippen molar-refractivity contribution in [3.63, 3.8) is 0 Å². The molecule has 1 amide bonds.